The van der Waals surface area contributed by atoms with Crippen LogP contribution in [0.25, 0.3) is 10.8 Å². The summed E-state index contributed by atoms with van der Waals surface area (Å²) in [6.07, 6.45) is 3.71. The molecule has 2 aliphatic heterocycles. The number of carbonyl (C=O) groups is 2. The molecule has 0 radical (unpaired) electrons. The number of hydrogen-bond donors (Lipinski definition) is 2. The van der Waals surface area contributed by atoms with E-state index >= 15 is 0 Å². The number of likely N-dealkylation sites (tertiary alicyclic amines) is 1. The first kappa shape index (κ1) is 23.5. The fraction of sp³-hybridized carbons (Fsp3) is 0.379. The third-order valence-corrected chi connectivity index (χ3v) is 7.18. The Morgan fingerprint density at radius 3 is 2.51 bits per heavy atom. The standard InChI is InChI=1S/C29H33N3O3/c33-28(31-27-13-4-3-12-26(27)29(34)30-19-24-10-6-18-35-24)22-14-16-32(17-15-22)20-23-9-5-8-21-7-1-2-11-25(21)23/h1-5,7-9,11-13,22,24H,6,10,14-20H2,(H,30,34)(H,31,33). The Morgan fingerprint density at radius 2 is 1.69 bits per heavy atom. The Morgan fingerprint density at radius 1 is 0.914 bits per heavy atom. The zero-order valence-electron chi connectivity index (χ0n) is 20.0. The van der Waals surface area contributed by atoms with Crippen LogP contribution in [0.3, 0.4) is 0 Å². The fourth-order valence-corrected chi connectivity index (χ4v) is 5.16. The van der Waals surface area contributed by atoms with Gasteiger partial charge in [0.15, 0.2) is 0 Å². The lowest BCUT2D eigenvalue weighted by Gasteiger charge is -2.31. The molecular formula is C29H33N3O3. The highest BCUT2D eigenvalue weighted by Crippen LogP contribution is 2.25. The summed E-state index contributed by atoms with van der Waals surface area (Å²) in [7, 11) is 0. The van der Waals surface area contributed by atoms with Crippen molar-refractivity contribution in [2.24, 2.45) is 5.92 Å². The number of piperidine rings is 1. The first-order chi connectivity index (χ1) is 17.2. The third-order valence-electron chi connectivity index (χ3n) is 7.18. The number of nitrogens with zero attached hydrogens (tertiary/aromatic N) is 1. The van der Waals surface area contributed by atoms with E-state index in [-0.39, 0.29) is 23.8 Å². The van der Waals surface area contributed by atoms with Crippen LogP contribution in [0.5, 0.6) is 0 Å². The first-order valence-corrected chi connectivity index (χ1v) is 12.7. The Balaban J connectivity index is 1.15. The Labute approximate surface area is 206 Å². The molecule has 2 aliphatic rings. The van der Waals surface area contributed by atoms with Crippen molar-refractivity contribution in [3.63, 3.8) is 0 Å². The lowest BCUT2D eigenvalue weighted by molar-refractivity contribution is -0.121. The largest absolute Gasteiger partial charge is 0.376 e. The number of carbonyl (C=O) groups excluding carboxylic acids is 2. The van der Waals surface area contributed by atoms with Crippen molar-refractivity contribution in [3.8, 4) is 0 Å². The molecule has 182 valence electrons. The SMILES string of the molecule is O=C(NCC1CCCO1)c1ccccc1NC(=O)C1CCN(Cc2cccc3ccccc23)CC1. The van der Waals surface area contributed by atoms with Crippen LogP contribution in [0, 0.1) is 5.92 Å². The summed E-state index contributed by atoms with van der Waals surface area (Å²) in [6, 6.07) is 22.2. The fourth-order valence-electron chi connectivity index (χ4n) is 5.16. The maximum atomic E-state index is 13.1. The first-order valence-electron chi connectivity index (χ1n) is 12.7. The number of ether oxygens (including phenoxy) is 1. The van der Waals surface area contributed by atoms with Gasteiger partial charge in [0.05, 0.1) is 17.4 Å². The van der Waals surface area contributed by atoms with E-state index in [0.29, 0.717) is 17.8 Å². The van der Waals surface area contributed by atoms with E-state index in [0.717, 1.165) is 51.9 Å². The van der Waals surface area contributed by atoms with Crippen molar-refractivity contribution in [2.45, 2.75) is 38.3 Å². The second-order valence-electron chi connectivity index (χ2n) is 9.57. The monoisotopic (exact) mass is 471 g/mol. The van der Waals surface area contributed by atoms with Crippen LogP contribution in [-0.4, -0.2) is 49.1 Å². The van der Waals surface area contributed by atoms with Crippen LogP contribution >= 0.6 is 0 Å². The number of hydrogen-bond acceptors (Lipinski definition) is 4. The summed E-state index contributed by atoms with van der Waals surface area (Å²) in [5.41, 5.74) is 2.39. The number of fused-ring (bicyclic) bond motifs is 1. The van der Waals surface area contributed by atoms with Crippen LogP contribution in [0.1, 0.15) is 41.6 Å². The van der Waals surface area contributed by atoms with Gasteiger partial charge >= 0.3 is 0 Å². The van der Waals surface area contributed by atoms with Gasteiger partial charge in [-0.3, -0.25) is 14.5 Å². The summed E-state index contributed by atoms with van der Waals surface area (Å²) in [5.74, 6) is -0.239. The number of para-hydroxylation sites is 1. The average Bonchev–Trinajstić information content (AvgIpc) is 3.42. The van der Waals surface area contributed by atoms with E-state index in [9.17, 15) is 9.59 Å². The van der Waals surface area contributed by atoms with Gasteiger partial charge in [0.1, 0.15) is 0 Å². The van der Waals surface area contributed by atoms with Gasteiger partial charge < -0.3 is 15.4 Å². The molecule has 2 fully saturated rings. The molecule has 0 aliphatic carbocycles. The molecule has 3 aromatic carbocycles. The Bertz CT molecular complexity index is 1180. The molecule has 0 saturated carbocycles. The maximum absolute atomic E-state index is 13.1. The van der Waals surface area contributed by atoms with Gasteiger partial charge in [-0.15, -0.1) is 0 Å². The Kier molecular flexibility index (Phi) is 7.40. The molecule has 1 unspecified atom stereocenters. The normalized spacial score (nSPS) is 19.0. The molecule has 5 rings (SSSR count). The number of nitrogens with one attached hydrogen (secondary N) is 2. The maximum Gasteiger partial charge on any atom is 0.253 e. The van der Waals surface area contributed by atoms with Crippen molar-refractivity contribution in [1.82, 2.24) is 10.2 Å². The second-order valence-corrected chi connectivity index (χ2v) is 9.57. The van der Waals surface area contributed by atoms with E-state index in [1.54, 1.807) is 12.1 Å². The quantitative estimate of drug-likeness (QED) is 0.528. The van der Waals surface area contributed by atoms with Gasteiger partial charge in [0, 0.05) is 25.6 Å². The molecule has 35 heavy (non-hydrogen) atoms. The molecule has 2 amide bonds. The van der Waals surface area contributed by atoms with Gasteiger partial charge in [-0.05, 0) is 67.2 Å². The molecule has 3 aromatic rings. The molecule has 2 heterocycles. The Hall–Kier alpha value is -3.22. The van der Waals surface area contributed by atoms with Crippen LogP contribution in [0.15, 0.2) is 66.7 Å². The number of rotatable bonds is 7. The molecular weight excluding hydrogens is 438 g/mol. The lowest BCUT2D eigenvalue weighted by atomic mass is 9.94. The molecule has 0 bridgehead atoms. The number of anilines is 1. The van der Waals surface area contributed by atoms with Crippen molar-refractivity contribution in [2.75, 3.05) is 31.6 Å². The van der Waals surface area contributed by atoms with Crippen LogP contribution in [0.2, 0.25) is 0 Å². The third kappa shape index (κ3) is 5.72. The molecule has 1 atom stereocenters. The predicted octanol–water partition coefficient (Wildman–Crippen LogP) is 4.60. The molecule has 2 N–H and O–H groups in total. The molecule has 6 nitrogen and oxygen atoms in total. The van der Waals surface area contributed by atoms with Gasteiger partial charge in [-0.25, -0.2) is 0 Å². The van der Waals surface area contributed by atoms with Gasteiger partial charge in [0.2, 0.25) is 5.91 Å². The highest BCUT2D eigenvalue weighted by molar-refractivity contribution is 6.04. The van der Waals surface area contributed by atoms with Crippen molar-refractivity contribution in [3.05, 3.63) is 77.9 Å². The smallest absolute Gasteiger partial charge is 0.253 e. The average molecular weight is 472 g/mol. The van der Waals surface area contributed by atoms with Crippen LogP contribution in [0.4, 0.5) is 5.69 Å². The zero-order chi connectivity index (χ0) is 24.0. The highest BCUT2D eigenvalue weighted by Gasteiger charge is 2.26. The van der Waals surface area contributed by atoms with E-state index in [4.69, 9.17) is 4.74 Å². The summed E-state index contributed by atoms with van der Waals surface area (Å²) in [6.45, 7) is 3.91. The number of benzene rings is 3. The summed E-state index contributed by atoms with van der Waals surface area (Å²) < 4.78 is 5.59. The van der Waals surface area contributed by atoms with E-state index in [1.165, 1.54) is 16.3 Å². The van der Waals surface area contributed by atoms with Gasteiger partial charge in [0.25, 0.3) is 5.91 Å². The number of amides is 2. The molecule has 0 spiro atoms. The molecule has 2 saturated heterocycles. The van der Waals surface area contributed by atoms with E-state index in [2.05, 4.69) is 58.0 Å². The summed E-state index contributed by atoms with van der Waals surface area (Å²) in [5, 5.41) is 8.54. The van der Waals surface area contributed by atoms with E-state index < -0.39 is 0 Å². The second kappa shape index (κ2) is 11.0. The van der Waals surface area contributed by atoms with Crippen LogP contribution < -0.4 is 10.6 Å². The highest BCUT2D eigenvalue weighted by atomic mass is 16.5. The van der Waals surface area contributed by atoms with Crippen molar-refractivity contribution < 1.29 is 14.3 Å². The van der Waals surface area contributed by atoms with Gasteiger partial charge in [-0.1, -0.05) is 54.6 Å². The summed E-state index contributed by atoms with van der Waals surface area (Å²) in [4.78, 5) is 28.3. The lowest BCUT2D eigenvalue weighted by Crippen LogP contribution is -2.38. The van der Waals surface area contributed by atoms with Crippen molar-refractivity contribution >= 4 is 28.3 Å². The van der Waals surface area contributed by atoms with Gasteiger partial charge in [-0.2, -0.15) is 0 Å². The zero-order valence-corrected chi connectivity index (χ0v) is 20.0. The summed E-state index contributed by atoms with van der Waals surface area (Å²) >= 11 is 0. The topological polar surface area (TPSA) is 70.7 Å². The molecule has 0 aromatic heterocycles. The minimum absolute atomic E-state index is 0.00538. The van der Waals surface area contributed by atoms with Crippen LogP contribution in [-0.2, 0) is 16.1 Å². The van der Waals surface area contributed by atoms with Crippen molar-refractivity contribution in [1.29, 1.82) is 0 Å². The molecule has 6 heteroatoms. The predicted molar refractivity (Wildman–Crippen MR) is 138 cm³/mol. The minimum atomic E-state index is -0.179. The van der Waals surface area contributed by atoms with E-state index in [1.807, 2.05) is 12.1 Å². The minimum Gasteiger partial charge on any atom is -0.376 e.